The average molecular weight is 374 g/mol. The Morgan fingerprint density at radius 2 is 2.04 bits per heavy atom. The van der Waals surface area contributed by atoms with Gasteiger partial charge in [0.05, 0.1) is 24.9 Å². The van der Waals surface area contributed by atoms with E-state index < -0.39 is 17.8 Å². The number of rotatable bonds is 8. The molecule has 0 saturated heterocycles. The highest BCUT2D eigenvalue weighted by Crippen LogP contribution is 2.32. The zero-order chi connectivity index (χ0) is 17.7. The Balaban J connectivity index is 0.00000312. The van der Waals surface area contributed by atoms with Crippen molar-refractivity contribution in [2.24, 2.45) is 17.6 Å². The minimum absolute atomic E-state index is 0. The first-order chi connectivity index (χ1) is 11.4. The number of ether oxygens (including phenoxy) is 1. The summed E-state index contributed by atoms with van der Waals surface area (Å²) in [5.74, 6) is -0.469. The molecule has 1 aliphatic carbocycles. The van der Waals surface area contributed by atoms with Gasteiger partial charge in [-0.2, -0.15) is 0 Å². The number of hydrogen-bond donors (Lipinski definition) is 3. The van der Waals surface area contributed by atoms with E-state index in [1.54, 1.807) is 0 Å². The van der Waals surface area contributed by atoms with Crippen LogP contribution in [-0.4, -0.2) is 31.0 Å². The molecule has 0 aromatic heterocycles. The number of carbonyl (C=O) groups excluding carboxylic acids is 2. The maximum atomic E-state index is 13.4. The van der Waals surface area contributed by atoms with Gasteiger partial charge in [0, 0.05) is 6.07 Å². The molecule has 1 saturated carbocycles. The first kappa shape index (κ1) is 21.2. The molecule has 1 atom stereocenters. The van der Waals surface area contributed by atoms with E-state index >= 15 is 0 Å². The first-order valence-corrected chi connectivity index (χ1v) is 8.12. The summed E-state index contributed by atoms with van der Waals surface area (Å²) in [6.45, 7) is 3.95. The van der Waals surface area contributed by atoms with Crippen LogP contribution in [0, 0.1) is 17.7 Å². The van der Waals surface area contributed by atoms with E-state index in [4.69, 9.17) is 10.5 Å². The lowest BCUT2D eigenvalue weighted by atomic mass is 10.1. The molecule has 1 aromatic carbocycles. The van der Waals surface area contributed by atoms with Crippen molar-refractivity contribution in [1.29, 1.82) is 0 Å². The number of halogens is 2. The van der Waals surface area contributed by atoms with Crippen molar-refractivity contribution in [3.05, 3.63) is 24.0 Å². The van der Waals surface area contributed by atoms with Crippen LogP contribution >= 0.6 is 12.4 Å². The van der Waals surface area contributed by atoms with Crippen LogP contribution < -0.4 is 21.1 Å². The van der Waals surface area contributed by atoms with Crippen LogP contribution in [-0.2, 0) is 9.59 Å². The van der Waals surface area contributed by atoms with E-state index in [0.29, 0.717) is 24.0 Å². The number of carbonyl (C=O) groups is 2. The molecule has 0 radical (unpaired) electrons. The smallest absolute Gasteiger partial charge is 0.243 e. The Hall–Kier alpha value is -1.86. The SMILES string of the molecule is CC(C)[C@H](N)C(=O)NCC(=O)Nc1ccc(F)cc1OCC1CC1.Cl. The Morgan fingerprint density at radius 1 is 1.36 bits per heavy atom. The molecule has 140 valence electrons. The summed E-state index contributed by atoms with van der Waals surface area (Å²) in [5, 5.41) is 5.10. The van der Waals surface area contributed by atoms with Gasteiger partial charge in [0.25, 0.3) is 0 Å². The predicted octanol–water partition coefficient (Wildman–Crippen LogP) is 2.07. The minimum atomic E-state index is -0.666. The van der Waals surface area contributed by atoms with Crippen molar-refractivity contribution in [2.75, 3.05) is 18.5 Å². The number of nitrogens with one attached hydrogen (secondary N) is 2. The van der Waals surface area contributed by atoms with Crippen LogP contribution in [0.2, 0.25) is 0 Å². The zero-order valence-corrected chi connectivity index (χ0v) is 15.2. The van der Waals surface area contributed by atoms with Crippen LogP contribution in [0.25, 0.3) is 0 Å². The fraction of sp³-hybridized carbons (Fsp3) is 0.529. The Bertz CT molecular complexity index is 609. The second-order valence-electron chi connectivity index (χ2n) is 6.43. The van der Waals surface area contributed by atoms with E-state index in [0.717, 1.165) is 12.8 Å². The molecular formula is C17H25ClFN3O3. The van der Waals surface area contributed by atoms with Crippen molar-refractivity contribution in [2.45, 2.75) is 32.7 Å². The molecule has 0 heterocycles. The Morgan fingerprint density at radius 3 is 2.64 bits per heavy atom. The lowest BCUT2D eigenvalue weighted by Crippen LogP contribution is -2.46. The van der Waals surface area contributed by atoms with E-state index in [-0.39, 0.29) is 30.8 Å². The van der Waals surface area contributed by atoms with Gasteiger partial charge in [-0.15, -0.1) is 12.4 Å². The normalized spacial score (nSPS) is 14.4. The highest BCUT2D eigenvalue weighted by molar-refractivity contribution is 5.96. The number of amides is 2. The van der Waals surface area contributed by atoms with E-state index in [9.17, 15) is 14.0 Å². The minimum Gasteiger partial charge on any atom is -0.491 e. The standard InChI is InChI=1S/C17H24FN3O3.ClH/c1-10(2)16(19)17(23)20-8-15(22)21-13-6-5-12(18)7-14(13)24-9-11-3-4-11;/h5-7,10-11,16H,3-4,8-9,19H2,1-2H3,(H,20,23)(H,21,22);1H/t16-;/m0./s1. The van der Waals surface area contributed by atoms with E-state index in [2.05, 4.69) is 10.6 Å². The first-order valence-electron chi connectivity index (χ1n) is 8.12. The third kappa shape index (κ3) is 6.88. The molecule has 1 aliphatic rings. The van der Waals surface area contributed by atoms with Crippen LogP contribution in [0.5, 0.6) is 5.75 Å². The number of benzene rings is 1. The molecule has 0 unspecified atom stereocenters. The number of anilines is 1. The topological polar surface area (TPSA) is 93.5 Å². The van der Waals surface area contributed by atoms with Gasteiger partial charge in [-0.05, 0) is 36.8 Å². The summed E-state index contributed by atoms with van der Waals surface area (Å²) in [5.41, 5.74) is 6.09. The van der Waals surface area contributed by atoms with E-state index in [1.165, 1.54) is 18.2 Å². The fourth-order valence-corrected chi connectivity index (χ4v) is 1.99. The third-order valence-corrected chi connectivity index (χ3v) is 3.83. The summed E-state index contributed by atoms with van der Waals surface area (Å²) in [6.07, 6.45) is 2.22. The average Bonchev–Trinajstić information content (AvgIpc) is 3.36. The van der Waals surface area contributed by atoms with Crippen LogP contribution in [0.4, 0.5) is 10.1 Å². The van der Waals surface area contributed by atoms with Gasteiger partial charge in [0.15, 0.2) is 0 Å². The maximum absolute atomic E-state index is 13.4. The summed E-state index contributed by atoms with van der Waals surface area (Å²) in [6, 6.07) is 3.26. The highest BCUT2D eigenvalue weighted by Gasteiger charge is 2.23. The fourth-order valence-electron chi connectivity index (χ4n) is 1.99. The summed E-state index contributed by atoms with van der Waals surface area (Å²) < 4.78 is 19.0. The van der Waals surface area contributed by atoms with Crippen LogP contribution in [0.3, 0.4) is 0 Å². The second kappa shape index (κ2) is 9.58. The molecule has 0 spiro atoms. The third-order valence-electron chi connectivity index (χ3n) is 3.83. The van der Waals surface area contributed by atoms with Crippen molar-refractivity contribution in [3.63, 3.8) is 0 Å². The largest absolute Gasteiger partial charge is 0.491 e. The molecule has 1 aromatic rings. The molecule has 1 fully saturated rings. The summed E-state index contributed by atoms with van der Waals surface area (Å²) in [7, 11) is 0. The second-order valence-corrected chi connectivity index (χ2v) is 6.43. The van der Waals surface area contributed by atoms with Gasteiger partial charge in [-0.3, -0.25) is 9.59 Å². The Labute approximate surface area is 153 Å². The quantitative estimate of drug-likeness (QED) is 0.650. The van der Waals surface area contributed by atoms with Gasteiger partial charge in [-0.25, -0.2) is 4.39 Å². The molecule has 25 heavy (non-hydrogen) atoms. The number of nitrogens with two attached hydrogens (primary N) is 1. The van der Waals surface area contributed by atoms with Gasteiger partial charge >= 0.3 is 0 Å². The lowest BCUT2D eigenvalue weighted by Gasteiger charge is -2.16. The molecule has 2 rings (SSSR count). The van der Waals surface area contributed by atoms with Gasteiger partial charge < -0.3 is 21.1 Å². The summed E-state index contributed by atoms with van der Waals surface area (Å²) >= 11 is 0. The van der Waals surface area contributed by atoms with Crippen LogP contribution in [0.1, 0.15) is 26.7 Å². The highest BCUT2D eigenvalue weighted by atomic mass is 35.5. The van der Waals surface area contributed by atoms with Gasteiger partial charge in [-0.1, -0.05) is 13.8 Å². The van der Waals surface area contributed by atoms with Crippen molar-refractivity contribution < 1.29 is 18.7 Å². The van der Waals surface area contributed by atoms with Gasteiger partial charge in [0.1, 0.15) is 11.6 Å². The van der Waals surface area contributed by atoms with Gasteiger partial charge in [0.2, 0.25) is 11.8 Å². The maximum Gasteiger partial charge on any atom is 0.243 e. The lowest BCUT2D eigenvalue weighted by molar-refractivity contribution is -0.125. The molecule has 8 heteroatoms. The molecule has 4 N–H and O–H groups in total. The van der Waals surface area contributed by atoms with E-state index in [1.807, 2.05) is 13.8 Å². The van der Waals surface area contributed by atoms with Crippen LogP contribution in [0.15, 0.2) is 18.2 Å². The number of hydrogen-bond acceptors (Lipinski definition) is 4. The molecule has 0 aliphatic heterocycles. The molecule has 0 bridgehead atoms. The summed E-state index contributed by atoms with van der Waals surface area (Å²) in [4.78, 5) is 23.7. The van der Waals surface area contributed by atoms with Crippen molar-refractivity contribution >= 4 is 29.9 Å². The molecular weight excluding hydrogens is 349 g/mol. The molecule has 6 nitrogen and oxygen atoms in total. The zero-order valence-electron chi connectivity index (χ0n) is 14.4. The molecule has 2 amide bonds. The monoisotopic (exact) mass is 373 g/mol. The Kier molecular flexibility index (Phi) is 8.12. The predicted molar refractivity (Wildman–Crippen MR) is 96.3 cm³/mol. The van der Waals surface area contributed by atoms with Crippen molar-refractivity contribution in [1.82, 2.24) is 5.32 Å². The van der Waals surface area contributed by atoms with Crippen molar-refractivity contribution in [3.8, 4) is 5.75 Å².